The Morgan fingerprint density at radius 2 is 1.75 bits per heavy atom. The van der Waals surface area contributed by atoms with Gasteiger partial charge in [-0.3, -0.25) is 4.79 Å². The lowest BCUT2D eigenvalue weighted by Gasteiger charge is -2.22. The van der Waals surface area contributed by atoms with Gasteiger partial charge in [0.25, 0.3) is 0 Å². The van der Waals surface area contributed by atoms with E-state index in [1.54, 1.807) is 13.0 Å². The van der Waals surface area contributed by atoms with Crippen molar-refractivity contribution in [2.45, 2.75) is 13.3 Å². The van der Waals surface area contributed by atoms with Crippen molar-refractivity contribution in [3.05, 3.63) is 52.8 Å². The molecule has 1 aromatic carbocycles. The number of hydrogen-bond donors (Lipinski definition) is 0. The van der Waals surface area contributed by atoms with Gasteiger partial charge < -0.3 is 14.2 Å². The van der Waals surface area contributed by atoms with Crippen LogP contribution in [-0.4, -0.2) is 23.9 Å². The number of allylic oxidation sites excluding steroid dienone is 2. The van der Waals surface area contributed by atoms with Crippen LogP contribution in [0.2, 0.25) is 0 Å². The fourth-order valence-electron chi connectivity index (χ4n) is 2.84. The zero-order valence-electron chi connectivity index (χ0n) is 12.5. The summed E-state index contributed by atoms with van der Waals surface area (Å²) in [5, 5.41) is 0. The predicted molar refractivity (Wildman–Crippen MR) is 76.8 cm³/mol. The predicted octanol–water partition coefficient (Wildman–Crippen LogP) is 1.68. The normalized spacial score (nSPS) is 24.7. The highest BCUT2D eigenvalue weighted by molar-refractivity contribution is 6.15. The Morgan fingerprint density at radius 1 is 1.00 bits per heavy atom. The van der Waals surface area contributed by atoms with Crippen LogP contribution in [0.3, 0.4) is 0 Å². The van der Waals surface area contributed by atoms with Crippen LogP contribution in [0.5, 0.6) is 5.75 Å². The minimum absolute atomic E-state index is 0.127. The minimum Gasteiger partial charge on any atom is -0.458 e. The number of hydrogen-bond acceptors (Lipinski definition) is 7. The number of fused-ring (bicyclic) bond motifs is 2. The zero-order valence-corrected chi connectivity index (χ0v) is 12.5. The Labute approximate surface area is 135 Å². The number of carbonyl (C=O) groups excluding carboxylic acids is 4. The van der Waals surface area contributed by atoms with Crippen LogP contribution in [0.25, 0.3) is 0 Å². The largest absolute Gasteiger partial charge is 0.458 e. The summed E-state index contributed by atoms with van der Waals surface area (Å²) in [7, 11) is 0. The highest BCUT2D eigenvalue weighted by Gasteiger charge is 2.51. The van der Waals surface area contributed by atoms with E-state index < -0.39 is 29.3 Å². The van der Waals surface area contributed by atoms with E-state index >= 15 is 0 Å². The standard InChI is InChI=1S/C17H10O7/c1-17-5-4-9(7-12(17)15(20)24-16(17)21)22-8-2-3-10-11(6-8)14(19)23-13(10)18/h2-4,6-7H,5H2,1H3. The Morgan fingerprint density at radius 3 is 2.54 bits per heavy atom. The summed E-state index contributed by atoms with van der Waals surface area (Å²) in [5.41, 5.74) is -0.443. The molecule has 0 bridgehead atoms. The van der Waals surface area contributed by atoms with Gasteiger partial charge in [0.1, 0.15) is 16.9 Å². The highest BCUT2D eigenvalue weighted by Crippen LogP contribution is 2.43. The van der Waals surface area contributed by atoms with E-state index in [0.29, 0.717) is 11.5 Å². The number of carbonyl (C=O) groups is 4. The van der Waals surface area contributed by atoms with Crippen molar-refractivity contribution in [2.24, 2.45) is 5.41 Å². The van der Waals surface area contributed by atoms with E-state index in [9.17, 15) is 19.2 Å². The molecule has 0 amide bonds. The minimum atomic E-state index is -0.988. The first-order valence-corrected chi connectivity index (χ1v) is 7.16. The van der Waals surface area contributed by atoms with Gasteiger partial charge in [-0.2, -0.15) is 0 Å². The smallest absolute Gasteiger partial charge is 0.347 e. The van der Waals surface area contributed by atoms with Crippen molar-refractivity contribution >= 4 is 23.9 Å². The molecule has 0 spiro atoms. The molecule has 7 heteroatoms. The van der Waals surface area contributed by atoms with Crippen molar-refractivity contribution in [1.29, 1.82) is 0 Å². The fourth-order valence-corrected chi connectivity index (χ4v) is 2.84. The lowest BCUT2D eigenvalue weighted by Crippen LogP contribution is -2.26. The maximum atomic E-state index is 11.8. The average Bonchev–Trinajstić information content (AvgIpc) is 2.94. The maximum absolute atomic E-state index is 11.8. The van der Waals surface area contributed by atoms with Crippen LogP contribution < -0.4 is 4.74 Å². The molecular weight excluding hydrogens is 316 g/mol. The van der Waals surface area contributed by atoms with Crippen LogP contribution in [0, 0.1) is 5.41 Å². The third-order valence-electron chi connectivity index (χ3n) is 4.30. The first-order valence-electron chi connectivity index (χ1n) is 7.16. The third kappa shape index (κ3) is 1.91. The summed E-state index contributed by atoms with van der Waals surface area (Å²) in [4.78, 5) is 46.5. The number of ether oxygens (including phenoxy) is 3. The molecule has 0 saturated carbocycles. The number of cyclic esters (lactones) is 4. The molecule has 2 heterocycles. The Balaban J connectivity index is 1.63. The van der Waals surface area contributed by atoms with Gasteiger partial charge in [0.05, 0.1) is 16.7 Å². The topological polar surface area (TPSA) is 96.0 Å². The molecule has 0 aromatic heterocycles. The third-order valence-corrected chi connectivity index (χ3v) is 4.30. The molecule has 2 aliphatic heterocycles. The van der Waals surface area contributed by atoms with Crippen LogP contribution in [0.15, 0.2) is 41.7 Å². The molecule has 1 saturated heterocycles. The summed E-state index contributed by atoms with van der Waals surface area (Å²) in [6, 6.07) is 4.35. The van der Waals surface area contributed by atoms with Crippen molar-refractivity contribution in [3.63, 3.8) is 0 Å². The molecule has 24 heavy (non-hydrogen) atoms. The summed E-state index contributed by atoms with van der Waals surface area (Å²) in [6.45, 7) is 1.64. The SMILES string of the molecule is CC12CC=C(Oc3ccc4c(c3)C(=O)OC4=O)C=C1C(=O)OC2=O. The summed E-state index contributed by atoms with van der Waals surface area (Å²) in [5.74, 6) is -2.01. The molecule has 1 unspecified atom stereocenters. The van der Waals surface area contributed by atoms with E-state index in [0.717, 1.165) is 0 Å². The van der Waals surface area contributed by atoms with Crippen LogP contribution in [-0.2, 0) is 19.1 Å². The maximum Gasteiger partial charge on any atom is 0.347 e. The lowest BCUT2D eigenvalue weighted by atomic mass is 9.78. The van der Waals surface area contributed by atoms with Crippen LogP contribution in [0.1, 0.15) is 34.1 Å². The number of rotatable bonds is 2. The Kier molecular flexibility index (Phi) is 2.78. The second-order valence-corrected chi connectivity index (χ2v) is 5.86. The summed E-state index contributed by atoms with van der Waals surface area (Å²) < 4.78 is 14.8. The molecule has 4 rings (SSSR count). The van der Waals surface area contributed by atoms with Crippen molar-refractivity contribution < 1.29 is 33.4 Å². The molecule has 1 aromatic rings. The van der Waals surface area contributed by atoms with Gasteiger partial charge in [-0.05, 0) is 43.7 Å². The second kappa shape index (κ2) is 4.64. The number of esters is 4. The molecule has 120 valence electrons. The Hall–Kier alpha value is -3.22. The molecule has 0 N–H and O–H groups in total. The summed E-state index contributed by atoms with van der Waals surface area (Å²) >= 11 is 0. The first-order chi connectivity index (χ1) is 11.4. The first kappa shape index (κ1) is 14.4. The van der Waals surface area contributed by atoms with Gasteiger partial charge in [0.15, 0.2) is 0 Å². The molecule has 1 atom stereocenters. The van der Waals surface area contributed by atoms with Gasteiger partial charge in [0.2, 0.25) is 0 Å². The fraction of sp³-hybridized carbons (Fsp3) is 0.176. The number of benzene rings is 1. The van der Waals surface area contributed by atoms with Crippen LogP contribution in [0.4, 0.5) is 0 Å². The van der Waals surface area contributed by atoms with Gasteiger partial charge in [-0.1, -0.05) is 0 Å². The van der Waals surface area contributed by atoms with E-state index in [-0.39, 0.29) is 23.1 Å². The molecule has 7 nitrogen and oxygen atoms in total. The Bertz CT molecular complexity index is 906. The van der Waals surface area contributed by atoms with Gasteiger partial charge >= 0.3 is 23.9 Å². The monoisotopic (exact) mass is 326 g/mol. The van der Waals surface area contributed by atoms with E-state index in [2.05, 4.69) is 9.47 Å². The van der Waals surface area contributed by atoms with Gasteiger partial charge in [-0.25, -0.2) is 14.4 Å². The van der Waals surface area contributed by atoms with Gasteiger partial charge in [0, 0.05) is 0 Å². The van der Waals surface area contributed by atoms with Crippen molar-refractivity contribution in [3.8, 4) is 5.75 Å². The van der Waals surface area contributed by atoms with Crippen molar-refractivity contribution in [1.82, 2.24) is 0 Å². The van der Waals surface area contributed by atoms with E-state index in [1.165, 1.54) is 24.3 Å². The summed E-state index contributed by atoms with van der Waals surface area (Å²) in [6.07, 6.45) is 3.39. The molecule has 3 aliphatic rings. The average molecular weight is 326 g/mol. The van der Waals surface area contributed by atoms with Crippen molar-refractivity contribution in [2.75, 3.05) is 0 Å². The van der Waals surface area contributed by atoms with Crippen LogP contribution >= 0.6 is 0 Å². The van der Waals surface area contributed by atoms with E-state index in [4.69, 9.17) is 4.74 Å². The molecule has 1 fully saturated rings. The molecule has 0 radical (unpaired) electrons. The van der Waals surface area contributed by atoms with E-state index in [1.807, 2.05) is 0 Å². The second-order valence-electron chi connectivity index (χ2n) is 5.86. The van der Waals surface area contributed by atoms with Gasteiger partial charge in [-0.15, -0.1) is 0 Å². The lowest BCUT2D eigenvalue weighted by molar-refractivity contribution is -0.154. The highest BCUT2D eigenvalue weighted by atomic mass is 16.6. The molecule has 1 aliphatic carbocycles. The zero-order chi connectivity index (χ0) is 17.1. The molecular formula is C17H10O7. The quantitative estimate of drug-likeness (QED) is 0.602.